The highest BCUT2D eigenvalue weighted by atomic mass is 32.2. The Bertz CT molecular complexity index is 817. The van der Waals surface area contributed by atoms with Gasteiger partial charge in [0.05, 0.1) is 11.8 Å². The van der Waals surface area contributed by atoms with E-state index in [9.17, 15) is 4.79 Å². The van der Waals surface area contributed by atoms with Crippen LogP contribution >= 0.6 is 11.8 Å². The molecule has 2 aromatic carbocycles. The Balaban J connectivity index is 2.20. The molecule has 6 heteroatoms. The number of anilines is 1. The lowest BCUT2D eigenvalue weighted by Crippen LogP contribution is -2.41. The third-order valence-electron chi connectivity index (χ3n) is 4.32. The second kappa shape index (κ2) is 7.19. The summed E-state index contributed by atoms with van der Waals surface area (Å²) in [5.74, 6) is 0. The van der Waals surface area contributed by atoms with Crippen molar-refractivity contribution in [2.75, 3.05) is 19.0 Å². The fraction of sp³-hybridized carbons (Fsp3) is 0.263. The number of rotatable bonds is 2. The number of amides is 2. The van der Waals surface area contributed by atoms with Crippen molar-refractivity contribution in [3.8, 4) is 0 Å². The largest absolute Gasteiger partial charge is 0.399 e. The first-order chi connectivity index (χ1) is 12.0. The molecule has 0 spiro atoms. The van der Waals surface area contributed by atoms with Gasteiger partial charge in [-0.15, -0.1) is 11.8 Å². The van der Waals surface area contributed by atoms with Crippen LogP contribution in [0.5, 0.6) is 0 Å². The first-order valence-electron chi connectivity index (χ1n) is 8.16. The van der Waals surface area contributed by atoms with Crippen LogP contribution in [0, 0.1) is 0 Å². The number of carbonyl (C=O) groups is 1. The zero-order chi connectivity index (χ0) is 18.0. The number of carbonyl (C=O) groups excluding carboxylic acids is 1. The number of hydrazone groups is 1. The Morgan fingerprint density at radius 3 is 2.64 bits per heavy atom. The van der Waals surface area contributed by atoms with Crippen LogP contribution in [0.15, 0.2) is 52.5 Å². The van der Waals surface area contributed by atoms with Crippen molar-refractivity contribution in [2.45, 2.75) is 24.3 Å². The molecule has 1 aliphatic heterocycles. The molecular weight excluding hydrogens is 332 g/mol. The van der Waals surface area contributed by atoms with Gasteiger partial charge in [0.2, 0.25) is 0 Å². The molecule has 0 bridgehead atoms. The molecule has 25 heavy (non-hydrogen) atoms. The average molecular weight is 354 g/mol. The first-order valence-corrected chi connectivity index (χ1v) is 9.38. The van der Waals surface area contributed by atoms with Crippen molar-refractivity contribution >= 4 is 29.2 Å². The van der Waals surface area contributed by atoms with Gasteiger partial charge >= 0.3 is 6.03 Å². The Hall–Kier alpha value is -2.47. The van der Waals surface area contributed by atoms with E-state index in [2.05, 4.69) is 29.8 Å². The summed E-state index contributed by atoms with van der Waals surface area (Å²) in [4.78, 5) is 13.5. The molecule has 1 heterocycles. The summed E-state index contributed by atoms with van der Waals surface area (Å²) in [5.41, 5.74) is 10.5. The summed E-state index contributed by atoms with van der Waals surface area (Å²) in [7, 11) is 1.62. The molecule has 3 rings (SSSR count). The molecule has 3 N–H and O–H groups in total. The Labute approximate surface area is 152 Å². The molecule has 0 saturated heterocycles. The monoisotopic (exact) mass is 354 g/mol. The maximum absolute atomic E-state index is 12.3. The van der Waals surface area contributed by atoms with Gasteiger partial charge in [-0.2, -0.15) is 5.10 Å². The van der Waals surface area contributed by atoms with Crippen molar-refractivity contribution < 1.29 is 4.79 Å². The lowest BCUT2D eigenvalue weighted by atomic mass is 9.94. The van der Waals surface area contributed by atoms with Gasteiger partial charge in [-0.05, 0) is 49.4 Å². The molecule has 5 nitrogen and oxygen atoms in total. The standard InChI is InChI=1S/C19H22N4OS/c1-12-10-14-6-9-16(25-3)11-17(14)18(22-23(12)19(24)21-2)13-4-7-15(20)8-5-13/h4-9,11-12H,10,20H2,1-3H3,(H,21,24). The fourth-order valence-corrected chi connectivity index (χ4v) is 3.40. The number of nitrogens with one attached hydrogen (secondary N) is 1. The van der Waals surface area contributed by atoms with Crippen LogP contribution in [0.4, 0.5) is 10.5 Å². The second-order valence-corrected chi connectivity index (χ2v) is 6.93. The molecule has 0 aliphatic carbocycles. The number of hydrogen-bond acceptors (Lipinski definition) is 4. The van der Waals surface area contributed by atoms with Gasteiger partial charge in [-0.3, -0.25) is 0 Å². The SMILES string of the molecule is CNC(=O)N1N=C(c2ccc(N)cc2)c2cc(SC)ccc2CC1C. The van der Waals surface area contributed by atoms with Crippen LogP contribution in [0.3, 0.4) is 0 Å². The molecule has 1 aliphatic rings. The maximum Gasteiger partial charge on any atom is 0.337 e. The van der Waals surface area contributed by atoms with Crippen LogP contribution < -0.4 is 11.1 Å². The summed E-state index contributed by atoms with van der Waals surface area (Å²) in [6, 6.07) is 13.8. The Kier molecular flexibility index (Phi) is 4.99. The number of thioether (sulfide) groups is 1. The zero-order valence-electron chi connectivity index (χ0n) is 14.6. The van der Waals surface area contributed by atoms with Crippen molar-refractivity contribution in [1.29, 1.82) is 0 Å². The molecule has 1 atom stereocenters. The summed E-state index contributed by atoms with van der Waals surface area (Å²) in [6.07, 6.45) is 2.80. The summed E-state index contributed by atoms with van der Waals surface area (Å²) in [6.45, 7) is 2.01. The Morgan fingerprint density at radius 2 is 2.00 bits per heavy atom. The van der Waals surface area contributed by atoms with Crippen LogP contribution in [0.1, 0.15) is 23.6 Å². The van der Waals surface area contributed by atoms with Gasteiger partial charge in [-0.25, -0.2) is 9.80 Å². The minimum atomic E-state index is -0.210. The van der Waals surface area contributed by atoms with Gasteiger partial charge in [0, 0.05) is 28.8 Å². The molecule has 2 aromatic rings. The minimum absolute atomic E-state index is 0.0369. The summed E-state index contributed by atoms with van der Waals surface area (Å²) in [5, 5.41) is 8.94. The summed E-state index contributed by atoms with van der Waals surface area (Å²) >= 11 is 1.69. The quantitative estimate of drug-likeness (QED) is 0.642. The number of nitrogens with two attached hydrogens (primary N) is 1. The predicted molar refractivity (Wildman–Crippen MR) is 104 cm³/mol. The smallest absolute Gasteiger partial charge is 0.337 e. The zero-order valence-corrected chi connectivity index (χ0v) is 15.4. The topological polar surface area (TPSA) is 70.7 Å². The van der Waals surface area contributed by atoms with Crippen LogP contribution in [-0.4, -0.2) is 36.1 Å². The number of benzene rings is 2. The van der Waals surface area contributed by atoms with E-state index in [0.29, 0.717) is 5.69 Å². The van der Waals surface area contributed by atoms with E-state index >= 15 is 0 Å². The average Bonchev–Trinajstić information content (AvgIpc) is 2.77. The van der Waals surface area contributed by atoms with Crippen molar-refractivity contribution in [1.82, 2.24) is 10.3 Å². The molecule has 0 fully saturated rings. The van der Waals surface area contributed by atoms with E-state index in [0.717, 1.165) is 23.3 Å². The highest BCUT2D eigenvalue weighted by Crippen LogP contribution is 2.27. The normalized spacial score (nSPS) is 16.7. The van der Waals surface area contributed by atoms with Gasteiger partial charge in [0.15, 0.2) is 0 Å². The van der Waals surface area contributed by atoms with Crippen molar-refractivity contribution in [2.24, 2.45) is 5.10 Å². The van der Waals surface area contributed by atoms with Crippen LogP contribution in [-0.2, 0) is 6.42 Å². The maximum atomic E-state index is 12.3. The number of nitrogens with zero attached hydrogens (tertiary/aromatic N) is 2. The molecular formula is C19H22N4OS. The van der Waals surface area contributed by atoms with E-state index in [1.807, 2.05) is 31.2 Å². The molecule has 0 radical (unpaired) electrons. The summed E-state index contributed by atoms with van der Waals surface area (Å²) < 4.78 is 0. The van der Waals surface area contributed by atoms with Gasteiger partial charge in [0.1, 0.15) is 0 Å². The van der Waals surface area contributed by atoms with E-state index in [1.165, 1.54) is 15.5 Å². The van der Waals surface area contributed by atoms with Gasteiger partial charge in [-0.1, -0.05) is 18.2 Å². The number of urea groups is 1. The molecule has 130 valence electrons. The minimum Gasteiger partial charge on any atom is -0.399 e. The fourth-order valence-electron chi connectivity index (χ4n) is 2.96. The number of hydrogen-bond donors (Lipinski definition) is 2. The molecule has 1 unspecified atom stereocenters. The van der Waals surface area contributed by atoms with E-state index in [-0.39, 0.29) is 12.1 Å². The molecule has 2 amide bonds. The van der Waals surface area contributed by atoms with E-state index < -0.39 is 0 Å². The third-order valence-corrected chi connectivity index (χ3v) is 5.04. The van der Waals surface area contributed by atoms with Gasteiger partial charge < -0.3 is 11.1 Å². The van der Waals surface area contributed by atoms with Crippen molar-refractivity contribution in [3.63, 3.8) is 0 Å². The van der Waals surface area contributed by atoms with Crippen LogP contribution in [0.2, 0.25) is 0 Å². The highest BCUT2D eigenvalue weighted by Gasteiger charge is 2.26. The van der Waals surface area contributed by atoms with Gasteiger partial charge in [0.25, 0.3) is 0 Å². The first kappa shape index (κ1) is 17.4. The lowest BCUT2D eigenvalue weighted by molar-refractivity contribution is 0.184. The second-order valence-electron chi connectivity index (χ2n) is 6.05. The lowest BCUT2D eigenvalue weighted by Gasteiger charge is -2.22. The third kappa shape index (κ3) is 3.49. The Morgan fingerprint density at radius 1 is 1.28 bits per heavy atom. The van der Waals surface area contributed by atoms with Crippen LogP contribution in [0.25, 0.3) is 0 Å². The van der Waals surface area contributed by atoms with Crippen molar-refractivity contribution in [3.05, 3.63) is 59.2 Å². The highest BCUT2D eigenvalue weighted by molar-refractivity contribution is 7.98. The molecule has 0 saturated carbocycles. The number of fused-ring (bicyclic) bond motifs is 1. The van der Waals surface area contributed by atoms with E-state index in [4.69, 9.17) is 10.8 Å². The number of nitrogen functional groups attached to an aromatic ring is 1. The molecule has 0 aromatic heterocycles. The predicted octanol–water partition coefficient (Wildman–Crippen LogP) is 3.33. The van der Waals surface area contributed by atoms with E-state index in [1.54, 1.807) is 18.8 Å².